The first-order valence-corrected chi connectivity index (χ1v) is 11.3. The summed E-state index contributed by atoms with van der Waals surface area (Å²) in [5.74, 6) is -0.329. The van der Waals surface area contributed by atoms with Gasteiger partial charge in [-0.25, -0.2) is 9.37 Å². The fourth-order valence-corrected chi connectivity index (χ4v) is 5.37. The van der Waals surface area contributed by atoms with Gasteiger partial charge >= 0.3 is 0 Å². The Morgan fingerprint density at radius 1 is 1.33 bits per heavy atom. The van der Waals surface area contributed by atoms with Gasteiger partial charge in [0.05, 0.1) is 24.3 Å². The van der Waals surface area contributed by atoms with Gasteiger partial charge in [-0.3, -0.25) is 9.79 Å². The number of carbonyl (C=O) groups is 1. The van der Waals surface area contributed by atoms with E-state index >= 15 is 0 Å². The average Bonchev–Trinajstić information content (AvgIpc) is 3.39. The average molecular weight is 447 g/mol. The van der Waals surface area contributed by atoms with Crippen LogP contribution in [0.4, 0.5) is 10.1 Å². The number of nitrogens with zero attached hydrogens (tertiary/aromatic N) is 3. The molecule has 3 aromatic rings. The predicted molar refractivity (Wildman–Crippen MR) is 126 cm³/mol. The molecule has 1 aliphatic carbocycles. The summed E-state index contributed by atoms with van der Waals surface area (Å²) in [5.41, 5.74) is 9.39. The van der Waals surface area contributed by atoms with E-state index in [4.69, 9.17) is 5.73 Å². The highest BCUT2D eigenvalue weighted by molar-refractivity contribution is 5.89. The number of nitrogens with two attached hydrogens (primary N) is 1. The Morgan fingerprint density at radius 3 is 2.88 bits per heavy atom. The van der Waals surface area contributed by atoms with E-state index in [0.29, 0.717) is 36.9 Å². The number of aliphatic hydroxyl groups is 1. The number of halogens is 1. The van der Waals surface area contributed by atoms with Crippen molar-refractivity contribution in [3.05, 3.63) is 71.4 Å². The van der Waals surface area contributed by atoms with Gasteiger partial charge in [0.25, 0.3) is 0 Å². The van der Waals surface area contributed by atoms with E-state index in [-0.39, 0.29) is 23.9 Å². The third kappa shape index (κ3) is 3.66. The molecule has 2 heterocycles. The molecule has 33 heavy (non-hydrogen) atoms. The van der Waals surface area contributed by atoms with E-state index in [9.17, 15) is 14.3 Å². The molecule has 0 bridgehead atoms. The van der Waals surface area contributed by atoms with Crippen molar-refractivity contribution in [1.82, 2.24) is 9.55 Å². The van der Waals surface area contributed by atoms with Crippen molar-refractivity contribution in [1.29, 1.82) is 0 Å². The molecule has 0 radical (unpaired) electrons. The summed E-state index contributed by atoms with van der Waals surface area (Å²) >= 11 is 0. The summed E-state index contributed by atoms with van der Waals surface area (Å²) in [7, 11) is 1.71. The van der Waals surface area contributed by atoms with E-state index in [1.165, 1.54) is 6.07 Å². The minimum Gasteiger partial charge on any atom is -0.398 e. The lowest BCUT2D eigenvalue weighted by Gasteiger charge is -2.36. The summed E-state index contributed by atoms with van der Waals surface area (Å²) in [5, 5.41) is 11.3. The fraction of sp³-hybridized carbons (Fsp3) is 0.346. The molecule has 170 valence electrons. The van der Waals surface area contributed by atoms with E-state index in [1.54, 1.807) is 31.9 Å². The van der Waals surface area contributed by atoms with E-state index < -0.39 is 11.6 Å². The number of rotatable bonds is 5. The van der Waals surface area contributed by atoms with Crippen molar-refractivity contribution in [2.24, 2.45) is 4.99 Å². The zero-order chi connectivity index (χ0) is 23.2. The Morgan fingerprint density at radius 2 is 2.12 bits per heavy atom. The molecule has 1 unspecified atom stereocenters. The molecular formula is C26H27FN4O2. The topological polar surface area (TPSA) is 93.5 Å². The van der Waals surface area contributed by atoms with Gasteiger partial charge in [0, 0.05) is 42.1 Å². The molecule has 0 amide bonds. The lowest BCUT2D eigenvalue weighted by molar-refractivity contribution is -0.141. The minimum atomic E-state index is -1.40. The number of aromatic nitrogens is 2. The van der Waals surface area contributed by atoms with Crippen molar-refractivity contribution in [3.63, 3.8) is 0 Å². The molecule has 1 aliphatic heterocycles. The Balaban J connectivity index is 1.32. The number of hydrogen-bond acceptors (Lipinski definition) is 5. The first-order valence-electron chi connectivity index (χ1n) is 11.3. The highest BCUT2D eigenvalue weighted by Gasteiger charge is 2.42. The monoisotopic (exact) mass is 446 g/mol. The third-order valence-corrected chi connectivity index (χ3v) is 7.22. The lowest BCUT2D eigenvalue weighted by atomic mass is 9.73. The molecule has 0 spiro atoms. The van der Waals surface area contributed by atoms with Crippen LogP contribution in [0.5, 0.6) is 0 Å². The number of fused-ring (bicyclic) bond motifs is 3. The maximum absolute atomic E-state index is 14.7. The summed E-state index contributed by atoms with van der Waals surface area (Å²) in [6.07, 6.45) is 7.25. The number of benzene rings is 2. The van der Waals surface area contributed by atoms with E-state index in [2.05, 4.69) is 9.98 Å². The van der Waals surface area contributed by atoms with Crippen molar-refractivity contribution in [2.75, 3.05) is 12.8 Å². The molecule has 2 aromatic carbocycles. The number of imidazole rings is 1. The van der Waals surface area contributed by atoms with E-state index in [0.717, 1.165) is 22.4 Å². The van der Waals surface area contributed by atoms with Crippen molar-refractivity contribution < 1.29 is 14.3 Å². The first kappa shape index (κ1) is 21.5. The molecule has 0 saturated heterocycles. The molecule has 1 atom stereocenters. The van der Waals surface area contributed by atoms with Crippen LogP contribution in [0.15, 0.2) is 53.9 Å². The molecule has 1 saturated carbocycles. The smallest absolute Gasteiger partial charge is 0.166 e. The predicted octanol–water partition coefficient (Wildman–Crippen LogP) is 4.27. The number of aliphatic imine (C=N–C) groups is 1. The maximum atomic E-state index is 14.7. The van der Waals surface area contributed by atoms with Crippen LogP contribution < -0.4 is 5.73 Å². The summed E-state index contributed by atoms with van der Waals surface area (Å²) < 4.78 is 16.5. The molecule has 7 heteroatoms. The molecule has 5 rings (SSSR count). The van der Waals surface area contributed by atoms with Gasteiger partial charge in [0.1, 0.15) is 11.4 Å². The van der Waals surface area contributed by atoms with Gasteiger partial charge in [0.15, 0.2) is 5.78 Å². The van der Waals surface area contributed by atoms with Crippen LogP contribution in [0.3, 0.4) is 0 Å². The number of Topliss-reactive ketones (excluding diaryl/α,β-unsaturated/α-hetero) is 1. The van der Waals surface area contributed by atoms with Gasteiger partial charge in [-0.2, -0.15) is 0 Å². The van der Waals surface area contributed by atoms with Crippen LogP contribution in [0.25, 0.3) is 11.3 Å². The Kier molecular flexibility index (Phi) is 5.37. The molecule has 1 fully saturated rings. The van der Waals surface area contributed by atoms with E-state index in [1.807, 2.05) is 28.8 Å². The van der Waals surface area contributed by atoms with Gasteiger partial charge < -0.3 is 15.4 Å². The van der Waals surface area contributed by atoms with Crippen LogP contribution in [-0.4, -0.2) is 39.3 Å². The molecule has 6 nitrogen and oxygen atoms in total. The van der Waals surface area contributed by atoms with Crippen LogP contribution >= 0.6 is 0 Å². The SMILES string of the molecule is CN=Cc1cc(C2CCC(O)(C(=O)CC3c4c(F)cccc4-c4cncn43)CC2)ccc1N. The second-order valence-corrected chi connectivity index (χ2v) is 9.11. The van der Waals surface area contributed by atoms with Gasteiger partial charge in [-0.15, -0.1) is 0 Å². The first-order chi connectivity index (χ1) is 15.9. The largest absolute Gasteiger partial charge is 0.398 e. The second kappa shape index (κ2) is 8.23. The Labute approximate surface area is 192 Å². The number of nitrogen functional groups attached to an aromatic ring is 1. The molecule has 1 aromatic heterocycles. The number of ketones is 1. The standard InChI is InChI=1S/C26H27FN4O2/c1-29-13-18-11-17(5-6-21(18)28)16-7-9-26(33,10-8-16)24(32)12-22-25-19(3-2-4-20(25)27)23-14-30-15-31(22)23/h2-6,11,13-16,22,33H,7-10,12,28H2,1H3. The molecule has 2 aliphatic rings. The zero-order valence-electron chi connectivity index (χ0n) is 18.5. The number of carbonyl (C=O) groups excluding carboxylic acids is 1. The number of hydrogen-bond donors (Lipinski definition) is 2. The zero-order valence-corrected chi connectivity index (χ0v) is 18.5. The van der Waals surface area contributed by atoms with Gasteiger partial charge in [0.2, 0.25) is 0 Å². The van der Waals surface area contributed by atoms with Gasteiger partial charge in [-0.05, 0) is 55.4 Å². The lowest BCUT2D eigenvalue weighted by Crippen LogP contribution is -2.42. The highest BCUT2D eigenvalue weighted by Crippen LogP contribution is 2.45. The van der Waals surface area contributed by atoms with Crippen LogP contribution in [0.1, 0.15) is 60.8 Å². The van der Waals surface area contributed by atoms with Gasteiger partial charge in [-0.1, -0.05) is 18.2 Å². The second-order valence-electron chi connectivity index (χ2n) is 9.11. The normalized spacial score (nSPS) is 24.1. The molecule has 3 N–H and O–H groups in total. The summed E-state index contributed by atoms with van der Waals surface area (Å²) in [4.78, 5) is 21.6. The van der Waals surface area contributed by atoms with Crippen molar-refractivity contribution in [2.45, 2.75) is 49.7 Å². The quantitative estimate of drug-likeness (QED) is 0.452. The maximum Gasteiger partial charge on any atom is 0.166 e. The van der Waals surface area contributed by atoms with Crippen LogP contribution in [0.2, 0.25) is 0 Å². The van der Waals surface area contributed by atoms with Crippen molar-refractivity contribution in [3.8, 4) is 11.3 Å². The summed E-state index contributed by atoms with van der Waals surface area (Å²) in [6, 6.07) is 10.4. The van der Waals surface area contributed by atoms with Crippen LogP contribution in [-0.2, 0) is 4.79 Å². The summed E-state index contributed by atoms with van der Waals surface area (Å²) in [6.45, 7) is 0. The third-order valence-electron chi connectivity index (χ3n) is 7.22. The molecular weight excluding hydrogens is 419 g/mol. The Bertz CT molecular complexity index is 1240. The Hall–Kier alpha value is -3.32. The van der Waals surface area contributed by atoms with Crippen LogP contribution in [0, 0.1) is 5.82 Å². The number of anilines is 1. The fourth-order valence-electron chi connectivity index (χ4n) is 5.37. The minimum absolute atomic E-state index is 0.0391. The highest BCUT2D eigenvalue weighted by atomic mass is 19.1. The van der Waals surface area contributed by atoms with Crippen molar-refractivity contribution >= 4 is 17.7 Å².